The van der Waals surface area contributed by atoms with Crippen LogP contribution in [0.4, 0.5) is 0 Å². The minimum atomic E-state index is 0.0280. The second-order valence-electron chi connectivity index (χ2n) is 3.29. The highest BCUT2D eigenvalue weighted by atomic mass is 16.7. The van der Waals surface area contributed by atoms with E-state index >= 15 is 0 Å². The van der Waals surface area contributed by atoms with Crippen molar-refractivity contribution in [1.82, 2.24) is 0 Å². The predicted molar refractivity (Wildman–Crippen MR) is 62.7 cm³/mol. The summed E-state index contributed by atoms with van der Waals surface area (Å²) in [6.45, 7) is 4.18. The fourth-order valence-electron chi connectivity index (χ4n) is 1.13. The van der Waals surface area contributed by atoms with Crippen molar-refractivity contribution in [2.45, 2.75) is 13.8 Å². The number of ketones is 1. The Bertz CT molecular complexity index is 369. The predicted octanol–water partition coefficient (Wildman–Crippen LogP) is 2.82. The monoisotopic (exact) mass is 220 g/mol. The Balaban J connectivity index is 2.42. The van der Waals surface area contributed by atoms with Crippen LogP contribution in [0.15, 0.2) is 36.4 Å². The number of carbonyl (C=O) groups is 1. The van der Waals surface area contributed by atoms with Crippen molar-refractivity contribution < 1.29 is 14.3 Å². The van der Waals surface area contributed by atoms with Gasteiger partial charge in [-0.3, -0.25) is 4.79 Å². The van der Waals surface area contributed by atoms with Crippen LogP contribution in [0, 0.1) is 0 Å². The van der Waals surface area contributed by atoms with Crippen molar-refractivity contribution in [2.24, 2.45) is 0 Å². The van der Waals surface area contributed by atoms with E-state index in [1.807, 2.05) is 19.1 Å². The van der Waals surface area contributed by atoms with Gasteiger partial charge in [-0.15, -0.1) is 0 Å². The highest BCUT2D eigenvalue weighted by molar-refractivity contribution is 5.94. The summed E-state index contributed by atoms with van der Waals surface area (Å²) in [6.07, 6.45) is 3.81. The molecule has 0 radical (unpaired) electrons. The molecule has 0 amide bonds. The third-order valence-corrected chi connectivity index (χ3v) is 2.00. The molecule has 0 aliphatic carbocycles. The SMILES string of the molecule is CC=CCOCOc1cccc(C(C)=O)c1. The highest BCUT2D eigenvalue weighted by Crippen LogP contribution is 2.13. The summed E-state index contributed by atoms with van der Waals surface area (Å²) in [5.41, 5.74) is 0.644. The molecule has 1 aromatic carbocycles. The average Bonchev–Trinajstić information content (AvgIpc) is 2.29. The van der Waals surface area contributed by atoms with Crippen molar-refractivity contribution in [3.63, 3.8) is 0 Å². The molecule has 16 heavy (non-hydrogen) atoms. The summed E-state index contributed by atoms with van der Waals surface area (Å²) in [5.74, 6) is 0.675. The van der Waals surface area contributed by atoms with E-state index in [0.717, 1.165) is 0 Å². The Hall–Kier alpha value is -1.61. The molecule has 0 bridgehead atoms. The van der Waals surface area contributed by atoms with Crippen LogP contribution in [-0.2, 0) is 4.74 Å². The first-order valence-electron chi connectivity index (χ1n) is 5.16. The van der Waals surface area contributed by atoms with Gasteiger partial charge in [-0.2, -0.15) is 0 Å². The summed E-state index contributed by atoms with van der Waals surface area (Å²) in [4.78, 5) is 11.1. The van der Waals surface area contributed by atoms with E-state index in [1.165, 1.54) is 6.92 Å². The number of hydrogen-bond acceptors (Lipinski definition) is 3. The van der Waals surface area contributed by atoms with Crippen LogP contribution in [-0.4, -0.2) is 19.2 Å². The maximum absolute atomic E-state index is 11.1. The molecule has 0 saturated carbocycles. The van der Waals surface area contributed by atoms with Crippen LogP contribution in [0.25, 0.3) is 0 Å². The molecule has 86 valence electrons. The first-order chi connectivity index (χ1) is 7.74. The first kappa shape index (κ1) is 12.5. The Morgan fingerprint density at radius 3 is 2.94 bits per heavy atom. The largest absolute Gasteiger partial charge is 0.468 e. The van der Waals surface area contributed by atoms with Gasteiger partial charge >= 0.3 is 0 Å². The summed E-state index contributed by atoms with van der Waals surface area (Å²) < 4.78 is 10.5. The van der Waals surface area contributed by atoms with E-state index in [0.29, 0.717) is 17.9 Å². The smallest absolute Gasteiger partial charge is 0.189 e. The second kappa shape index (κ2) is 6.80. The lowest BCUT2D eigenvalue weighted by atomic mass is 10.1. The molecule has 0 aliphatic rings. The number of benzene rings is 1. The molecule has 0 saturated heterocycles. The summed E-state index contributed by atoms with van der Waals surface area (Å²) in [7, 11) is 0. The molecule has 0 unspecified atom stereocenters. The molecule has 0 atom stereocenters. The van der Waals surface area contributed by atoms with Gasteiger partial charge < -0.3 is 9.47 Å². The molecule has 1 rings (SSSR count). The van der Waals surface area contributed by atoms with Crippen LogP contribution in [0.3, 0.4) is 0 Å². The molecule has 0 heterocycles. The summed E-state index contributed by atoms with van der Waals surface area (Å²) >= 11 is 0. The van der Waals surface area contributed by atoms with Crippen molar-refractivity contribution in [1.29, 1.82) is 0 Å². The third-order valence-electron chi connectivity index (χ3n) is 2.00. The number of carbonyl (C=O) groups excluding carboxylic acids is 1. The van der Waals surface area contributed by atoms with Gasteiger partial charge in [0.15, 0.2) is 12.6 Å². The maximum atomic E-state index is 11.1. The van der Waals surface area contributed by atoms with Crippen LogP contribution < -0.4 is 4.74 Å². The lowest BCUT2D eigenvalue weighted by Gasteiger charge is -2.06. The van der Waals surface area contributed by atoms with Gasteiger partial charge in [-0.05, 0) is 26.0 Å². The maximum Gasteiger partial charge on any atom is 0.189 e. The molecule has 0 spiro atoms. The molecular weight excluding hydrogens is 204 g/mol. The zero-order valence-corrected chi connectivity index (χ0v) is 9.60. The number of allylic oxidation sites excluding steroid dienone is 1. The van der Waals surface area contributed by atoms with Crippen molar-refractivity contribution in [3.8, 4) is 5.75 Å². The zero-order valence-electron chi connectivity index (χ0n) is 9.60. The van der Waals surface area contributed by atoms with Gasteiger partial charge in [-0.25, -0.2) is 0 Å². The molecule has 3 heteroatoms. The lowest BCUT2D eigenvalue weighted by Crippen LogP contribution is -2.03. The molecule has 0 aromatic heterocycles. The average molecular weight is 220 g/mol. The second-order valence-corrected chi connectivity index (χ2v) is 3.29. The fourth-order valence-corrected chi connectivity index (χ4v) is 1.13. The van der Waals surface area contributed by atoms with E-state index in [1.54, 1.807) is 24.3 Å². The van der Waals surface area contributed by atoms with Gasteiger partial charge in [0.05, 0.1) is 6.61 Å². The zero-order chi connectivity index (χ0) is 11.8. The Morgan fingerprint density at radius 2 is 2.25 bits per heavy atom. The van der Waals surface area contributed by atoms with Crippen molar-refractivity contribution in [3.05, 3.63) is 42.0 Å². The van der Waals surface area contributed by atoms with Gasteiger partial charge in [0, 0.05) is 5.56 Å². The minimum absolute atomic E-state index is 0.0280. The Morgan fingerprint density at radius 1 is 1.44 bits per heavy atom. The van der Waals surface area contributed by atoms with E-state index in [-0.39, 0.29) is 12.6 Å². The molecule has 1 aromatic rings. The van der Waals surface area contributed by atoms with Gasteiger partial charge in [0.25, 0.3) is 0 Å². The van der Waals surface area contributed by atoms with E-state index in [4.69, 9.17) is 9.47 Å². The topological polar surface area (TPSA) is 35.5 Å². The van der Waals surface area contributed by atoms with Crippen molar-refractivity contribution in [2.75, 3.05) is 13.4 Å². The third kappa shape index (κ3) is 4.28. The molecular formula is C13H16O3. The minimum Gasteiger partial charge on any atom is -0.468 e. The number of hydrogen-bond donors (Lipinski definition) is 0. The van der Waals surface area contributed by atoms with Gasteiger partial charge in [-0.1, -0.05) is 24.3 Å². The fraction of sp³-hybridized carbons (Fsp3) is 0.308. The van der Waals surface area contributed by atoms with Crippen molar-refractivity contribution >= 4 is 5.78 Å². The van der Waals surface area contributed by atoms with Crippen LogP contribution >= 0.6 is 0 Å². The molecule has 0 fully saturated rings. The van der Waals surface area contributed by atoms with Crippen LogP contribution in [0.1, 0.15) is 24.2 Å². The summed E-state index contributed by atoms with van der Waals surface area (Å²) in [5, 5.41) is 0. The quantitative estimate of drug-likeness (QED) is 0.320. The van der Waals surface area contributed by atoms with Gasteiger partial charge in [0.2, 0.25) is 0 Å². The molecule has 3 nitrogen and oxygen atoms in total. The standard InChI is InChI=1S/C13H16O3/c1-3-4-8-15-10-16-13-7-5-6-12(9-13)11(2)14/h3-7,9H,8,10H2,1-2H3. The van der Waals surface area contributed by atoms with Crippen LogP contribution in [0.2, 0.25) is 0 Å². The van der Waals surface area contributed by atoms with E-state index < -0.39 is 0 Å². The highest BCUT2D eigenvalue weighted by Gasteiger charge is 2.00. The van der Waals surface area contributed by atoms with E-state index in [2.05, 4.69) is 0 Å². The summed E-state index contributed by atoms with van der Waals surface area (Å²) in [6, 6.07) is 7.06. The van der Waals surface area contributed by atoms with E-state index in [9.17, 15) is 4.79 Å². The number of rotatable bonds is 6. The molecule has 0 aliphatic heterocycles. The number of Topliss-reactive ketones (excluding diaryl/α,β-unsaturated/α-hetero) is 1. The van der Waals surface area contributed by atoms with Gasteiger partial charge in [0.1, 0.15) is 5.75 Å². The molecule has 0 N–H and O–H groups in total. The number of ether oxygens (including phenoxy) is 2. The Labute approximate surface area is 95.7 Å². The lowest BCUT2D eigenvalue weighted by molar-refractivity contribution is 0.0306. The Kier molecular flexibility index (Phi) is 5.29. The normalized spacial score (nSPS) is 10.6. The van der Waals surface area contributed by atoms with Crippen LogP contribution in [0.5, 0.6) is 5.75 Å². The first-order valence-corrected chi connectivity index (χ1v) is 5.16.